The molecule has 0 aliphatic rings. The molecule has 1 N–H and O–H groups in total. The van der Waals surface area contributed by atoms with E-state index in [0.29, 0.717) is 25.9 Å². The zero-order valence-corrected chi connectivity index (χ0v) is 8.03. The van der Waals surface area contributed by atoms with E-state index in [1.54, 1.807) is 0 Å². The van der Waals surface area contributed by atoms with Gasteiger partial charge >= 0.3 is 6.18 Å². The Hall–Kier alpha value is -0.760. The summed E-state index contributed by atoms with van der Waals surface area (Å²) in [5.41, 5.74) is 0. The second kappa shape index (κ2) is 7.63. The van der Waals surface area contributed by atoms with Gasteiger partial charge in [-0.3, -0.25) is 0 Å². The van der Waals surface area contributed by atoms with E-state index in [9.17, 15) is 13.2 Å². The average molecular weight is 208 g/mol. The fourth-order valence-corrected chi connectivity index (χ4v) is 0.993. The monoisotopic (exact) mass is 208 g/mol. The number of hydrogen-bond donors (Lipinski definition) is 1. The Morgan fingerprint density at radius 2 is 1.71 bits per heavy atom. The van der Waals surface area contributed by atoms with E-state index >= 15 is 0 Å². The van der Waals surface area contributed by atoms with Crippen molar-refractivity contribution in [3.05, 3.63) is 0 Å². The molecule has 0 fully saturated rings. The normalized spacial score (nSPS) is 11.3. The van der Waals surface area contributed by atoms with Gasteiger partial charge in [0, 0.05) is 12.8 Å². The third-order valence-electron chi connectivity index (χ3n) is 1.71. The summed E-state index contributed by atoms with van der Waals surface area (Å²) < 4.78 is 35.0. The standard InChI is InChI=1S/C9H15F3N2/c10-9(11,12)5-1-3-7-14-8-4-2-6-13/h14H,1-5,7-8H2. The first-order valence-corrected chi connectivity index (χ1v) is 4.70. The molecule has 0 aliphatic carbocycles. The Labute approximate surface area is 82.1 Å². The van der Waals surface area contributed by atoms with E-state index in [1.807, 2.05) is 6.07 Å². The number of nitrogens with zero attached hydrogens (tertiary/aromatic N) is 1. The first-order valence-electron chi connectivity index (χ1n) is 4.70. The van der Waals surface area contributed by atoms with E-state index in [0.717, 1.165) is 6.42 Å². The zero-order chi connectivity index (χ0) is 10.9. The first-order chi connectivity index (χ1) is 6.56. The fraction of sp³-hybridized carbons (Fsp3) is 0.889. The number of unbranched alkanes of at least 4 members (excludes halogenated alkanes) is 2. The highest BCUT2D eigenvalue weighted by atomic mass is 19.4. The molecule has 0 bridgehead atoms. The van der Waals surface area contributed by atoms with Gasteiger partial charge in [-0.2, -0.15) is 18.4 Å². The van der Waals surface area contributed by atoms with Gasteiger partial charge in [0.25, 0.3) is 0 Å². The molecule has 0 rings (SSSR count). The van der Waals surface area contributed by atoms with Crippen LogP contribution in [0.5, 0.6) is 0 Å². The van der Waals surface area contributed by atoms with Crippen LogP contribution in [0.3, 0.4) is 0 Å². The van der Waals surface area contributed by atoms with Gasteiger partial charge in [-0.1, -0.05) is 0 Å². The van der Waals surface area contributed by atoms with Crippen molar-refractivity contribution in [3.8, 4) is 6.07 Å². The number of alkyl halides is 3. The molecule has 2 nitrogen and oxygen atoms in total. The minimum absolute atomic E-state index is 0.175. The minimum Gasteiger partial charge on any atom is -0.317 e. The summed E-state index contributed by atoms with van der Waals surface area (Å²) in [5, 5.41) is 11.2. The lowest BCUT2D eigenvalue weighted by molar-refractivity contribution is -0.135. The molecule has 0 atom stereocenters. The molecule has 0 aromatic rings. The highest BCUT2D eigenvalue weighted by Crippen LogP contribution is 2.21. The molecule has 0 heterocycles. The predicted molar refractivity (Wildman–Crippen MR) is 47.6 cm³/mol. The third-order valence-corrected chi connectivity index (χ3v) is 1.71. The third kappa shape index (κ3) is 11.2. The van der Waals surface area contributed by atoms with Crippen LogP contribution >= 0.6 is 0 Å². The molecule has 0 aromatic heterocycles. The first kappa shape index (κ1) is 13.2. The van der Waals surface area contributed by atoms with E-state index < -0.39 is 12.6 Å². The quantitative estimate of drug-likeness (QED) is 0.653. The second-order valence-electron chi connectivity index (χ2n) is 3.08. The number of rotatable bonds is 7. The van der Waals surface area contributed by atoms with Crippen LogP contribution in [-0.4, -0.2) is 19.3 Å². The van der Waals surface area contributed by atoms with Crippen LogP contribution in [0.15, 0.2) is 0 Å². The Morgan fingerprint density at radius 1 is 1.07 bits per heavy atom. The van der Waals surface area contributed by atoms with E-state index in [2.05, 4.69) is 5.32 Å². The van der Waals surface area contributed by atoms with Gasteiger partial charge in [-0.15, -0.1) is 0 Å². The van der Waals surface area contributed by atoms with Crippen molar-refractivity contribution in [3.63, 3.8) is 0 Å². The molecular weight excluding hydrogens is 193 g/mol. The number of hydrogen-bond acceptors (Lipinski definition) is 2. The van der Waals surface area contributed by atoms with Crippen molar-refractivity contribution in [2.75, 3.05) is 13.1 Å². The highest BCUT2D eigenvalue weighted by Gasteiger charge is 2.25. The number of nitrogens with one attached hydrogen (secondary N) is 1. The Bertz CT molecular complexity index is 172. The van der Waals surface area contributed by atoms with Crippen molar-refractivity contribution >= 4 is 0 Å². The summed E-state index contributed by atoms with van der Waals surface area (Å²) in [7, 11) is 0. The molecule has 82 valence electrons. The molecule has 14 heavy (non-hydrogen) atoms. The Morgan fingerprint density at radius 3 is 2.29 bits per heavy atom. The lowest BCUT2D eigenvalue weighted by Crippen LogP contribution is -2.17. The van der Waals surface area contributed by atoms with Crippen LogP contribution in [0.1, 0.15) is 32.1 Å². The van der Waals surface area contributed by atoms with Crippen molar-refractivity contribution < 1.29 is 13.2 Å². The van der Waals surface area contributed by atoms with E-state index in [-0.39, 0.29) is 6.42 Å². The average Bonchev–Trinajstić information content (AvgIpc) is 2.08. The zero-order valence-electron chi connectivity index (χ0n) is 8.03. The Kier molecular flexibility index (Phi) is 7.21. The Balaban J connectivity index is 3.04. The van der Waals surface area contributed by atoms with Gasteiger partial charge in [-0.25, -0.2) is 0 Å². The van der Waals surface area contributed by atoms with Gasteiger partial charge in [0.1, 0.15) is 0 Å². The SMILES string of the molecule is N#CCCCNCCCCC(F)(F)F. The summed E-state index contributed by atoms with van der Waals surface area (Å²) in [6, 6.07) is 2.00. The van der Waals surface area contributed by atoms with Gasteiger partial charge < -0.3 is 5.32 Å². The number of halogens is 3. The number of nitriles is 1. The van der Waals surface area contributed by atoms with E-state index in [4.69, 9.17) is 5.26 Å². The van der Waals surface area contributed by atoms with E-state index in [1.165, 1.54) is 0 Å². The maximum Gasteiger partial charge on any atom is 0.389 e. The lowest BCUT2D eigenvalue weighted by atomic mass is 10.2. The van der Waals surface area contributed by atoms with Gasteiger partial charge in [-0.05, 0) is 32.4 Å². The highest BCUT2D eigenvalue weighted by molar-refractivity contribution is 4.68. The summed E-state index contributed by atoms with van der Waals surface area (Å²) in [4.78, 5) is 0. The van der Waals surface area contributed by atoms with Crippen molar-refractivity contribution in [2.45, 2.75) is 38.3 Å². The smallest absolute Gasteiger partial charge is 0.317 e. The maximum absolute atomic E-state index is 11.7. The molecule has 0 saturated heterocycles. The topological polar surface area (TPSA) is 35.8 Å². The van der Waals surface area contributed by atoms with Crippen LogP contribution in [0.4, 0.5) is 13.2 Å². The molecule has 5 heteroatoms. The van der Waals surface area contributed by atoms with Crippen molar-refractivity contribution in [1.82, 2.24) is 5.32 Å². The summed E-state index contributed by atoms with van der Waals surface area (Å²) in [5.74, 6) is 0. The van der Waals surface area contributed by atoms with Crippen LogP contribution in [-0.2, 0) is 0 Å². The molecule has 0 aliphatic heterocycles. The fourth-order valence-electron chi connectivity index (χ4n) is 0.993. The minimum atomic E-state index is -4.03. The molecule has 0 aromatic carbocycles. The summed E-state index contributed by atoms with van der Waals surface area (Å²) in [6.45, 7) is 1.31. The summed E-state index contributed by atoms with van der Waals surface area (Å²) >= 11 is 0. The van der Waals surface area contributed by atoms with Crippen molar-refractivity contribution in [2.24, 2.45) is 0 Å². The molecule has 0 spiro atoms. The lowest BCUT2D eigenvalue weighted by Gasteiger charge is -2.06. The molecule has 0 unspecified atom stereocenters. The second-order valence-corrected chi connectivity index (χ2v) is 3.08. The largest absolute Gasteiger partial charge is 0.389 e. The molecule has 0 radical (unpaired) electrons. The summed E-state index contributed by atoms with van der Waals surface area (Å²) in [6.07, 6.45) is -2.76. The van der Waals surface area contributed by atoms with Crippen LogP contribution < -0.4 is 5.32 Å². The molecular formula is C9H15F3N2. The van der Waals surface area contributed by atoms with Gasteiger partial charge in [0.15, 0.2) is 0 Å². The van der Waals surface area contributed by atoms with Crippen molar-refractivity contribution in [1.29, 1.82) is 5.26 Å². The van der Waals surface area contributed by atoms with Crippen LogP contribution in [0.25, 0.3) is 0 Å². The van der Waals surface area contributed by atoms with Gasteiger partial charge in [0.05, 0.1) is 6.07 Å². The van der Waals surface area contributed by atoms with Crippen LogP contribution in [0.2, 0.25) is 0 Å². The predicted octanol–water partition coefficient (Wildman–Crippen LogP) is 2.61. The van der Waals surface area contributed by atoms with Gasteiger partial charge in [0.2, 0.25) is 0 Å². The maximum atomic E-state index is 11.7. The molecule has 0 saturated carbocycles. The van der Waals surface area contributed by atoms with Crippen LogP contribution in [0, 0.1) is 11.3 Å². The molecule has 0 amide bonds.